The summed E-state index contributed by atoms with van der Waals surface area (Å²) in [5.41, 5.74) is 2.67. The number of sulfonamides is 1. The number of hydrogen-bond donors (Lipinski definition) is 1. The van der Waals surface area contributed by atoms with Crippen molar-refractivity contribution >= 4 is 15.9 Å². The third kappa shape index (κ3) is 4.93. The highest BCUT2D eigenvalue weighted by atomic mass is 32.2. The lowest BCUT2D eigenvalue weighted by Gasteiger charge is -2.39. The van der Waals surface area contributed by atoms with E-state index in [9.17, 15) is 13.2 Å². The van der Waals surface area contributed by atoms with Gasteiger partial charge < -0.3 is 10.1 Å². The summed E-state index contributed by atoms with van der Waals surface area (Å²) in [6, 6.07) is 11.3. The van der Waals surface area contributed by atoms with E-state index in [1.807, 2.05) is 64.1 Å². The van der Waals surface area contributed by atoms with Crippen molar-refractivity contribution in [3.63, 3.8) is 0 Å². The molecule has 1 aliphatic heterocycles. The SMILES string of the molecule is COc1cccc(CNC(=O)[C@]2(C)CCCN(S(=O)(=O)c3c(C)cc(C)cc3C)C2)c1. The lowest BCUT2D eigenvalue weighted by atomic mass is 9.82. The van der Waals surface area contributed by atoms with E-state index in [-0.39, 0.29) is 12.5 Å². The summed E-state index contributed by atoms with van der Waals surface area (Å²) in [5.74, 6) is 0.601. The van der Waals surface area contributed by atoms with Crippen LogP contribution < -0.4 is 10.1 Å². The number of methoxy groups -OCH3 is 1. The number of hydrogen-bond acceptors (Lipinski definition) is 4. The van der Waals surface area contributed by atoms with Gasteiger partial charge in [-0.15, -0.1) is 0 Å². The first kappa shape index (κ1) is 23.3. The summed E-state index contributed by atoms with van der Waals surface area (Å²) < 4.78 is 33.7. The highest BCUT2D eigenvalue weighted by Gasteiger charge is 2.42. The lowest BCUT2D eigenvalue weighted by molar-refractivity contribution is -0.132. The minimum absolute atomic E-state index is 0.132. The van der Waals surface area contributed by atoms with Crippen molar-refractivity contribution < 1.29 is 17.9 Å². The second-order valence-corrected chi connectivity index (χ2v) is 10.6. The first-order chi connectivity index (χ1) is 14.6. The predicted molar refractivity (Wildman–Crippen MR) is 122 cm³/mol. The molecule has 1 heterocycles. The number of nitrogens with one attached hydrogen (secondary N) is 1. The van der Waals surface area contributed by atoms with E-state index in [4.69, 9.17) is 4.74 Å². The zero-order valence-corrected chi connectivity index (χ0v) is 19.8. The van der Waals surface area contributed by atoms with Crippen LogP contribution in [0.15, 0.2) is 41.3 Å². The third-order valence-electron chi connectivity index (χ3n) is 6.00. The predicted octanol–water partition coefficient (Wildman–Crippen LogP) is 3.73. The molecule has 2 aromatic rings. The van der Waals surface area contributed by atoms with Gasteiger partial charge in [-0.25, -0.2) is 8.42 Å². The zero-order valence-electron chi connectivity index (χ0n) is 19.0. The maximum absolute atomic E-state index is 13.5. The quantitative estimate of drug-likeness (QED) is 0.737. The second-order valence-electron chi connectivity index (χ2n) is 8.76. The minimum Gasteiger partial charge on any atom is -0.497 e. The topological polar surface area (TPSA) is 75.7 Å². The maximum Gasteiger partial charge on any atom is 0.243 e. The van der Waals surface area contributed by atoms with Gasteiger partial charge in [-0.1, -0.05) is 29.8 Å². The molecule has 7 heteroatoms. The normalized spacial score (nSPS) is 19.8. The molecule has 31 heavy (non-hydrogen) atoms. The van der Waals surface area contributed by atoms with E-state index >= 15 is 0 Å². The van der Waals surface area contributed by atoms with E-state index in [2.05, 4.69) is 5.32 Å². The van der Waals surface area contributed by atoms with E-state index in [1.165, 1.54) is 4.31 Å². The second kappa shape index (κ2) is 9.01. The summed E-state index contributed by atoms with van der Waals surface area (Å²) in [7, 11) is -2.08. The Morgan fingerprint density at radius 1 is 1.16 bits per heavy atom. The van der Waals surface area contributed by atoms with Gasteiger partial charge in [0.05, 0.1) is 17.4 Å². The van der Waals surface area contributed by atoms with Gasteiger partial charge in [0.2, 0.25) is 15.9 Å². The number of ether oxygens (including phenoxy) is 1. The largest absolute Gasteiger partial charge is 0.497 e. The molecule has 1 saturated heterocycles. The van der Waals surface area contributed by atoms with Crippen molar-refractivity contribution in [1.82, 2.24) is 9.62 Å². The fourth-order valence-corrected chi connectivity index (χ4v) is 6.48. The number of piperidine rings is 1. The van der Waals surface area contributed by atoms with Gasteiger partial charge in [0.25, 0.3) is 0 Å². The molecule has 0 spiro atoms. The molecule has 0 bridgehead atoms. The van der Waals surface area contributed by atoms with Crippen LogP contribution in [0.25, 0.3) is 0 Å². The molecular weight excluding hydrogens is 412 g/mol. The smallest absolute Gasteiger partial charge is 0.243 e. The van der Waals surface area contributed by atoms with Crippen molar-refractivity contribution in [2.75, 3.05) is 20.2 Å². The Bertz CT molecular complexity index is 1060. The molecule has 1 atom stereocenters. The lowest BCUT2D eigenvalue weighted by Crippen LogP contribution is -2.51. The third-order valence-corrected chi connectivity index (χ3v) is 8.15. The fourth-order valence-electron chi connectivity index (χ4n) is 4.46. The average molecular weight is 445 g/mol. The van der Waals surface area contributed by atoms with Crippen LogP contribution in [0.1, 0.15) is 42.0 Å². The number of amides is 1. The number of carbonyl (C=O) groups is 1. The first-order valence-corrected chi connectivity index (χ1v) is 12.0. The molecule has 2 aromatic carbocycles. The van der Waals surface area contributed by atoms with Gasteiger partial charge in [0.1, 0.15) is 5.75 Å². The molecule has 0 aliphatic carbocycles. The summed E-state index contributed by atoms with van der Waals surface area (Å²) in [4.78, 5) is 13.4. The Morgan fingerprint density at radius 3 is 2.48 bits per heavy atom. The van der Waals surface area contributed by atoms with Crippen LogP contribution in [0.2, 0.25) is 0 Å². The number of nitrogens with zero attached hydrogens (tertiary/aromatic N) is 1. The minimum atomic E-state index is -3.68. The van der Waals surface area contributed by atoms with E-state index in [0.29, 0.717) is 30.8 Å². The Kier molecular flexibility index (Phi) is 6.76. The Labute approximate surface area is 185 Å². The van der Waals surface area contributed by atoms with Crippen molar-refractivity contribution in [2.24, 2.45) is 5.41 Å². The molecule has 1 fully saturated rings. The monoisotopic (exact) mass is 444 g/mol. The Hall–Kier alpha value is -2.38. The highest BCUT2D eigenvalue weighted by molar-refractivity contribution is 7.89. The summed E-state index contributed by atoms with van der Waals surface area (Å²) in [6.45, 7) is 8.44. The number of rotatable bonds is 6. The van der Waals surface area contributed by atoms with Crippen LogP contribution in [0.3, 0.4) is 0 Å². The van der Waals surface area contributed by atoms with Gasteiger partial charge >= 0.3 is 0 Å². The van der Waals surface area contributed by atoms with Crippen molar-refractivity contribution in [3.05, 3.63) is 58.7 Å². The van der Waals surface area contributed by atoms with Crippen LogP contribution in [-0.4, -0.2) is 38.8 Å². The van der Waals surface area contributed by atoms with Crippen molar-refractivity contribution in [1.29, 1.82) is 0 Å². The number of carbonyl (C=O) groups excluding carboxylic acids is 1. The molecule has 0 radical (unpaired) electrons. The number of benzene rings is 2. The van der Waals surface area contributed by atoms with E-state index < -0.39 is 15.4 Å². The fraction of sp³-hybridized carbons (Fsp3) is 0.458. The van der Waals surface area contributed by atoms with E-state index in [1.54, 1.807) is 7.11 Å². The zero-order chi connectivity index (χ0) is 22.8. The molecule has 0 unspecified atom stereocenters. The maximum atomic E-state index is 13.5. The van der Waals surface area contributed by atoms with Crippen molar-refractivity contribution in [2.45, 2.75) is 52.0 Å². The molecule has 6 nitrogen and oxygen atoms in total. The van der Waals surface area contributed by atoms with Crippen LogP contribution in [0, 0.1) is 26.2 Å². The molecular formula is C24H32N2O4S. The molecule has 3 rings (SSSR count). The van der Waals surface area contributed by atoms with Gasteiger partial charge in [-0.05, 0) is 69.4 Å². The summed E-state index contributed by atoms with van der Waals surface area (Å²) in [6.07, 6.45) is 1.29. The average Bonchev–Trinajstić information content (AvgIpc) is 2.71. The molecule has 1 N–H and O–H groups in total. The van der Waals surface area contributed by atoms with Gasteiger partial charge in [-0.2, -0.15) is 4.31 Å². The van der Waals surface area contributed by atoms with Gasteiger partial charge in [0.15, 0.2) is 0 Å². The Balaban J connectivity index is 1.77. The van der Waals surface area contributed by atoms with Gasteiger partial charge in [0, 0.05) is 19.6 Å². The van der Waals surface area contributed by atoms with Crippen LogP contribution in [0.5, 0.6) is 5.75 Å². The molecule has 1 amide bonds. The number of aryl methyl sites for hydroxylation is 3. The summed E-state index contributed by atoms with van der Waals surface area (Å²) >= 11 is 0. The molecule has 0 aromatic heterocycles. The van der Waals surface area contributed by atoms with Crippen LogP contribution in [0.4, 0.5) is 0 Å². The van der Waals surface area contributed by atoms with E-state index in [0.717, 1.165) is 28.0 Å². The van der Waals surface area contributed by atoms with Crippen molar-refractivity contribution in [3.8, 4) is 5.75 Å². The summed E-state index contributed by atoms with van der Waals surface area (Å²) in [5, 5.41) is 2.99. The van der Waals surface area contributed by atoms with Crippen LogP contribution in [-0.2, 0) is 21.4 Å². The first-order valence-electron chi connectivity index (χ1n) is 10.6. The molecule has 1 aliphatic rings. The Morgan fingerprint density at radius 2 is 1.84 bits per heavy atom. The van der Waals surface area contributed by atoms with Gasteiger partial charge in [-0.3, -0.25) is 4.79 Å². The highest BCUT2D eigenvalue weighted by Crippen LogP contribution is 2.34. The van der Waals surface area contributed by atoms with Crippen LogP contribution >= 0.6 is 0 Å². The standard InChI is InChI=1S/C24H32N2O4S/c1-17-12-18(2)22(19(3)13-17)31(28,29)26-11-7-10-24(4,16-26)23(27)25-15-20-8-6-9-21(14-20)30-5/h6,8-9,12-14H,7,10-11,15-16H2,1-5H3,(H,25,27)/t24-/m1/s1. The molecule has 168 valence electrons. The molecule has 0 saturated carbocycles.